The second kappa shape index (κ2) is 8.99. The van der Waals surface area contributed by atoms with Crippen molar-refractivity contribution in [2.45, 2.75) is 6.92 Å². The highest BCUT2D eigenvalue weighted by Crippen LogP contribution is 2.24. The van der Waals surface area contributed by atoms with Crippen molar-refractivity contribution >= 4 is 23.4 Å². The first-order chi connectivity index (χ1) is 10.1. The van der Waals surface area contributed by atoms with Crippen LogP contribution >= 0.6 is 0 Å². The van der Waals surface area contributed by atoms with E-state index in [-0.39, 0.29) is 19.1 Å². The smallest absolute Gasteiger partial charge is 0.243 e. The average Bonchev–Trinajstić information content (AvgIpc) is 2.45. The van der Waals surface area contributed by atoms with Gasteiger partial charge in [0, 0.05) is 42.6 Å². The predicted molar refractivity (Wildman–Crippen MR) is 85.0 cm³/mol. The van der Waals surface area contributed by atoms with Crippen LogP contribution < -0.4 is 16.0 Å². The standard InChI is InChI=1S/C15H23N3O3/c1-2-17-15(21)6-3-12-11-13(16)4-5-14(12)18(7-9-19)8-10-20/h3-6,11,19-20H,2,7-10,16H2,1H3,(H,17,21). The molecule has 0 aliphatic heterocycles. The topological polar surface area (TPSA) is 98.8 Å². The minimum absolute atomic E-state index is 0.0240. The molecule has 0 aliphatic carbocycles. The van der Waals surface area contributed by atoms with E-state index in [1.807, 2.05) is 17.9 Å². The van der Waals surface area contributed by atoms with Crippen LogP contribution in [0.3, 0.4) is 0 Å². The van der Waals surface area contributed by atoms with Gasteiger partial charge in [-0.25, -0.2) is 0 Å². The summed E-state index contributed by atoms with van der Waals surface area (Å²) in [5.74, 6) is -0.179. The van der Waals surface area contributed by atoms with E-state index in [0.717, 1.165) is 11.3 Å². The van der Waals surface area contributed by atoms with E-state index >= 15 is 0 Å². The van der Waals surface area contributed by atoms with Gasteiger partial charge in [0.05, 0.1) is 13.2 Å². The number of carbonyl (C=O) groups is 1. The second-order valence-electron chi connectivity index (χ2n) is 4.48. The lowest BCUT2D eigenvalue weighted by molar-refractivity contribution is -0.116. The zero-order valence-electron chi connectivity index (χ0n) is 12.2. The van der Waals surface area contributed by atoms with Crippen LogP contribution in [0.5, 0.6) is 0 Å². The predicted octanol–water partition coefficient (Wildman–Crippen LogP) is 0.209. The van der Waals surface area contributed by atoms with Gasteiger partial charge in [-0.15, -0.1) is 0 Å². The number of amides is 1. The molecule has 0 bridgehead atoms. The first kappa shape index (κ1) is 17.0. The molecule has 116 valence electrons. The molecule has 0 aliphatic rings. The molecule has 0 heterocycles. The fraction of sp³-hybridized carbons (Fsp3) is 0.400. The van der Waals surface area contributed by atoms with Gasteiger partial charge in [-0.2, -0.15) is 0 Å². The fourth-order valence-electron chi connectivity index (χ4n) is 1.99. The van der Waals surface area contributed by atoms with Crippen LogP contribution in [0.1, 0.15) is 12.5 Å². The van der Waals surface area contributed by atoms with Gasteiger partial charge >= 0.3 is 0 Å². The molecular weight excluding hydrogens is 270 g/mol. The number of aliphatic hydroxyl groups is 2. The number of carbonyl (C=O) groups excluding carboxylic acids is 1. The average molecular weight is 293 g/mol. The van der Waals surface area contributed by atoms with Crippen molar-refractivity contribution in [3.05, 3.63) is 29.8 Å². The largest absolute Gasteiger partial charge is 0.399 e. The Labute approximate surface area is 124 Å². The number of nitrogens with zero attached hydrogens (tertiary/aromatic N) is 1. The Balaban J connectivity index is 3.05. The maximum Gasteiger partial charge on any atom is 0.243 e. The van der Waals surface area contributed by atoms with Crippen LogP contribution in [0.15, 0.2) is 24.3 Å². The number of nitrogens with two attached hydrogens (primary N) is 1. The van der Waals surface area contributed by atoms with Crippen LogP contribution in [-0.2, 0) is 4.79 Å². The van der Waals surface area contributed by atoms with Crippen molar-refractivity contribution in [3.63, 3.8) is 0 Å². The number of hydrogen-bond acceptors (Lipinski definition) is 5. The molecule has 6 heteroatoms. The number of rotatable bonds is 8. The zero-order chi connectivity index (χ0) is 15.7. The zero-order valence-corrected chi connectivity index (χ0v) is 12.2. The summed E-state index contributed by atoms with van der Waals surface area (Å²) in [4.78, 5) is 13.4. The fourth-order valence-corrected chi connectivity index (χ4v) is 1.99. The Hall–Kier alpha value is -2.05. The third-order valence-electron chi connectivity index (χ3n) is 2.90. The maximum atomic E-state index is 11.5. The summed E-state index contributed by atoms with van der Waals surface area (Å²) in [5.41, 5.74) is 7.95. The normalized spacial score (nSPS) is 10.8. The van der Waals surface area contributed by atoms with Crippen molar-refractivity contribution < 1.29 is 15.0 Å². The van der Waals surface area contributed by atoms with Gasteiger partial charge in [-0.3, -0.25) is 4.79 Å². The highest BCUT2D eigenvalue weighted by Gasteiger charge is 2.09. The Bertz CT molecular complexity index is 483. The third kappa shape index (κ3) is 5.45. The van der Waals surface area contributed by atoms with E-state index in [0.29, 0.717) is 25.3 Å². The Morgan fingerprint density at radius 2 is 2.00 bits per heavy atom. The van der Waals surface area contributed by atoms with E-state index in [1.165, 1.54) is 6.08 Å². The van der Waals surface area contributed by atoms with Gasteiger partial charge in [0.1, 0.15) is 0 Å². The molecule has 0 aromatic heterocycles. The second-order valence-corrected chi connectivity index (χ2v) is 4.48. The molecule has 6 nitrogen and oxygen atoms in total. The lowest BCUT2D eigenvalue weighted by Crippen LogP contribution is -2.30. The lowest BCUT2D eigenvalue weighted by atomic mass is 10.1. The molecule has 1 aromatic carbocycles. The lowest BCUT2D eigenvalue weighted by Gasteiger charge is -2.25. The van der Waals surface area contributed by atoms with Crippen LogP contribution in [0.4, 0.5) is 11.4 Å². The van der Waals surface area contributed by atoms with Gasteiger partial charge < -0.3 is 26.2 Å². The number of likely N-dealkylation sites (N-methyl/N-ethyl adjacent to an activating group) is 1. The summed E-state index contributed by atoms with van der Waals surface area (Å²) in [5, 5.41) is 20.9. The van der Waals surface area contributed by atoms with Crippen LogP contribution in [0, 0.1) is 0 Å². The highest BCUT2D eigenvalue weighted by molar-refractivity contribution is 5.92. The number of nitrogens with one attached hydrogen (secondary N) is 1. The number of hydrogen-bond donors (Lipinski definition) is 4. The van der Waals surface area contributed by atoms with Gasteiger partial charge in [-0.1, -0.05) is 0 Å². The van der Waals surface area contributed by atoms with E-state index in [1.54, 1.807) is 18.2 Å². The molecule has 0 saturated heterocycles. The monoisotopic (exact) mass is 293 g/mol. The maximum absolute atomic E-state index is 11.5. The molecule has 0 atom stereocenters. The van der Waals surface area contributed by atoms with Gasteiger partial charge in [0.25, 0.3) is 0 Å². The summed E-state index contributed by atoms with van der Waals surface area (Å²) in [6, 6.07) is 5.32. The van der Waals surface area contributed by atoms with Crippen molar-refractivity contribution in [2.75, 3.05) is 43.5 Å². The molecule has 0 radical (unpaired) electrons. The van der Waals surface area contributed by atoms with E-state index in [4.69, 9.17) is 15.9 Å². The number of aliphatic hydroxyl groups excluding tert-OH is 2. The molecule has 1 aromatic rings. The molecule has 0 fully saturated rings. The number of nitrogen functional groups attached to an aromatic ring is 1. The summed E-state index contributed by atoms with van der Waals surface area (Å²) >= 11 is 0. The number of anilines is 2. The Morgan fingerprint density at radius 3 is 2.57 bits per heavy atom. The summed E-state index contributed by atoms with van der Waals surface area (Å²) in [6.07, 6.45) is 3.12. The molecular formula is C15H23N3O3. The van der Waals surface area contributed by atoms with Crippen LogP contribution in [-0.4, -0.2) is 49.0 Å². The van der Waals surface area contributed by atoms with Crippen molar-refractivity contribution in [3.8, 4) is 0 Å². The molecule has 21 heavy (non-hydrogen) atoms. The summed E-state index contributed by atoms with van der Waals surface area (Å²) in [7, 11) is 0. The molecule has 0 spiro atoms. The minimum Gasteiger partial charge on any atom is -0.399 e. The first-order valence-electron chi connectivity index (χ1n) is 6.94. The van der Waals surface area contributed by atoms with E-state index in [2.05, 4.69) is 5.32 Å². The van der Waals surface area contributed by atoms with Crippen molar-refractivity contribution in [2.24, 2.45) is 0 Å². The number of benzene rings is 1. The quantitative estimate of drug-likeness (QED) is 0.406. The Kier molecular flexibility index (Phi) is 7.28. The first-order valence-corrected chi connectivity index (χ1v) is 6.94. The van der Waals surface area contributed by atoms with Crippen LogP contribution in [0.25, 0.3) is 6.08 Å². The molecule has 1 rings (SSSR count). The van der Waals surface area contributed by atoms with E-state index < -0.39 is 0 Å². The third-order valence-corrected chi connectivity index (χ3v) is 2.90. The van der Waals surface area contributed by atoms with Crippen molar-refractivity contribution in [1.82, 2.24) is 5.32 Å². The Morgan fingerprint density at radius 1 is 1.33 bits per heavy atom. The molecule has 0 saturated carbocycles. The van der Waals surface area contributed by atoms with Crippen LogP contribution in [0.2, 0.25) is 0 Å². The highest BCUT2D eigenvalue weighted by atomic mass is 16.3. The molecule has 0 unspecified atom stereocenters. The summed E-state index contributed by atoms with van der Waals surface area (Å²) < 4.78 is 0. The molecule has 5 N–H and O–H groups in total. The van der Waals surface area contributed by atoms with E-state index in [9.17, 15) is 4.79 Å². The van der Waals surface area contributed by atoms with Gasteiger partial charge in [0.15, 0.2) is 0 Å². The van der Waals surface area contributed by atoms with Gasteiger partial charge in [-0.05, 0) is 31.2 Å². The minimum atomic E-state index is -0.179. The summed E-state index contributed by atoms with van der Waals surface area (Å²) in [6.45, 7) is 3.16. The SMILES string of the molecule is CCNC(=O)C=Cc1cc(N)ccc1N(CCO)CCO. The molecule has 1 amide bonds. The van der Waals surface area contributed by atoms with Gasteiger partial charge in [0.2, 0.25) is 5.91 Å². The van der Waals surface area contributed by atoms with Crippen molar-refractivity contribution in [1.29, 1.82) is 0 Å².